The van der Waals surface area contributed by atoms with Crippen molar-refractivity contribution >= 4 is 17.0 Å². The van der Waals surface area contributed by atoms with E-state index in [1.165, 1.54) is 4.68 Å². The lowest BCUT2D eigenvalue weighted by molar-refractivity contribution is -0.144. The maximum absolute atomic E-state index is 14.1. The van der Waals surface area contributed by atoms with Crippen LogP contribution in [0.2, 0.25) is 0 Å². The van der Waals surface area contributed by atoms with Gasteiger partial charge in [-0.15, -0.1) is 0 Å². The molecule has 0 N–H and O–H groups in total. The van der Waals surface area contributed by atoms with Crippen molar-refractivity contribution in [3.05, 3.63) is 47.2 Å². The Morgan fingerprint density at radius 1 is 1.23 bits per heavy atom. The molecule has 0 atom stereocenters. The molecule has 1 saturated carbocycles. The Labute approximate surface area is 178 Å². The Morgan fingerprint density at radius 2 is 1.90 bits per heavy atom. The van der Waals surface area contributed by atoms with E-state index < -0.39 is 17.7 Å². The molecule has 0 unspecified atom stereocenters. The molecule has 1 fully saturated rings. The number of fused-ring (bicyclic) bond motifs is 1. The molecule has 2 aromatic heterocycles. The molecule has 0 radical (unpaired) electrons. The second-order valence-corrected chi connectivity index (χ2v) is 8.15. The van der Waals surface area contributed by atoms with Gasteiger partial charge in [0.05, 0.1) is 28.9 Å². The van der Waals surface area contributed by atoms with Gasteiger partial charge >= 0.3 is 12.1 Å². The van der Waals surface area contributed by atoms with E-state index in [2.05, 4.69) is 23.9 Å². The Bertz CT molecular complexity index is 1110. The first kappa shape index (κ1) is 21.3. The van der Waals surface area contributed by atoms with Crippen molar-refractivity contribution in [3.8, 4) is 11.3 Å². The SMILES string of the molecule is CCOC(=O)Cn1nc(C2CC2)c2c(C(F)(F)F)cc(-c3ccc(C(C)C)cc3)nc21. The molecule has 5 nitrogen and oxygen atoms in total. The first-order valence-electron chi connectivity index (χ1n) is 10.4. The van der Waals surface area contributed by atoms with Gasteiger partial charge in [-0.2, -0.15) is 18.3 Å². The standard InChI is InChI=1S/C23H24F3N3O2/c1-4-31-19(30)12-29-22-20(21(28-29)16-9-10-16)17(23(24,25)26)11-18(27-22)15-7-5-14(6-8-15)13(2)3/h5-8,11,13,16H,4,9-10,12H2,1-3H3. The fourth-order valence-corrected chi connectivity index (χ4v) is 3.69. The third-order valence-electron chi connectivity index (χ3n) is 5.46. The zero-order valence-electron chi connectivity index (χ0n) is 17.7. The molecule has 3 aromatic rings. The van der Waals surface area contributed by atoms with Gasteiger partial charge in [0.25, 0.3) is 0 Å². The Morgan fingerprint density at radius 3 is 2.45 bits per heavy atom. The minimum absolute atomic E-state index is 0.0122. The van der Waals surface area contributed by atoms with Gasteiger partial charge in [0, 0.05) is 11.5 Å². The molecule has 8 heteroatoms. The minimum Gasteiger partial charge on any atom is -0.465 e. The summed E-state index contributed by atoms with van der Waals surface area (Å²) < 4.78 is 48.5. The van der Waals surface area contributed by atoms with Crippen molar-refractivity contribution in [2.24, 2.45) is 0 Å². The number of halogens is 3. The lowest BCUT2D eigenvalue weighted by atomic mass is 9.99. The van der Waals surface area contributed by atoms with E-state index >= 15 is 0 Å². The number of rotatable bonds is 6. The third-order valence-corrected chi connectivity index (χ3v) is 5.46. The number of benzene rings is 1. The fourth-order valence-electron chi connectivity index (χ4n) is 3.69. The molecule has 31 heavy (non-hydrogen) atoms. The van der Waals surface area contributed by atoms with Crippen LogP contribution < -0.4 is 0 Å². The number of pyridine rings is 1. The van der Waals surface area contributed by atoms with Crippen LogP contribution in [0.5, 0.6) is 0 Å². The predicted octanol–water partition coefficient (Wildman–Crippen LogP) is 5.68. The Balaban J connectivity index is 1.91. The maximum Gasteiger partial charge on any atom is 0.417 e. The number of esters is 1. The van der Waals surface area contributed by atoms with Gasteiger partial charge in [-0.1, -0.05) is 38.1 Å². The second kappa shape index (κ2) is 7.98. The summed E-state index contributed by atoms with van der Waals surface area (Å²) >= 11 is 0. The summed E-state index contributed by atoms with van der Waals surface area (Å²) in [4.78, 5) is 16.6. The van der Waals surface area contributed by atoms with Crippen LogP contribution in [0.4, 0.5) is 13.2 Å². The van der Waals surface area contributed by atoms with E-state index in [9.17, 15) is 18.0 Å². The highest BCUT2D eigenvalue weighted by Gasteiger charge is 2.39. The van der Waals surface area contributed by atoms with E-state index in [0.717, 1.165) is 24.5 Å². The molecular weight excluding hydrogens is 407 g/mol. The first-order chi connectivity index (χ1) is 14.7. The zero-order chi connectivity index (χ0) is 22.3. The number of aromatic nitrogens is 3. The molecule has 2 heterocycles. The molecule has 0 spiro atoms. The highest BCUT2D eigenvalue weighted by atomic mass is 19.4. The monoisotopic (exact) mass is 431 g/mol. The highest BCUT2D eigenvalue weighted by Crippen LogP contribution is 2.46. The van der Waals surface area contributed by atoms with Gasteiger partial charge in [0.15, 0.2) is 5.65 Å². The van der Waals surface area contributed by atoms with Crippen LogP contribution in [0, 0.1) is 0 Å². The molecule has 164 valence electrons. The number of alkyl halides is 3. The van der Waals surface area contributed by atoms with Crippen LogP contribution in [-0.2, 0) is 22.3 Å². The van der Waals surface area contributed by atoms with E-state index in [4.69, 9.17) is 4.74 Å². The predicted molar refractivity (Wildman–Crippen MR) is 111 cm³/mol. The Kier molecular flexibility index (Phi) is 5.49. The number of hydrogen-bond donors (Lipinski definition) is 0. The summed E-state index contributed by atoms with van der Waals surface area (Å²) in [6, 6.07) is 8.43. The summed E-state index contributed by atoms with van der Waals surface area (Å²) in [5.74, 6) is -0.288. The van der Waals surface area contributed by atoms with E-state index in [1.54, 1.807) is 19.1 Å². The summed E-state index contributed by atoms with van der Waals surface area (Å²) in [6.07, 6.45) is -3.02. The van der Waals surface area contributed by atoms with E-state index in [0.29, 0.717) is 17.2 Å². The average molecular weight is 431 g/mol. The quantitative estimate of drug-likeness (QED) is 0.471. The number of carbonyl (C=O) groups is 1. The molecule has 1 aromatic carbocycles. The van der Waals surface area contributed by atoms with Crippen molar-refractivity contribution in [3.63, 3.8) is 0 Å². The van der Waals surface area contributed by atoms with Crippen molar-refractivity contribution in [2.75, 3.05) is 6.61 Å². The second-order valence-electron chi connectivity index (χ2n) is 8.15. The molecule has 1 aliphatic carbocycles. The molecular formula is C23H24F3N3O2. The number of hydrogen-bond acceptors (Lipinski definition) is 4. The van der Waals surface area contributed by atoms with Gasteiger partial charge in [0.1, 0.15) is 6.54 Å². The van der Waals surface area contributed by atoms with Crippen LogP contribution in [0.3, 0.4) is 0 Å². The first-order valence-corrected chi connectivity index (χ1v) is 10.4. The maximum atomic E-state index is 14.1. The smallest absolute Gasteiger partial charge is 0.417 e. The largest absolute Gasteiger partial charge is 0.465 e. The molecule has 1 aliphatic rings. The number of ether oxygens (including phenoxy) is 1. The summed E-state index contributed by atoms with van der Waals surface area (Å²) in [6.45, 7) is 5.68. The van der Waals surface area contributed by atoms with Crippen LogP contribution in [0.1, 0.15) is 62.3 Å². The van der Waals surface area contributed by atoms with E-state index in [1.807, 2.05) is 12.1 Å². The van der Waals surface area contributed by atoms with Crippen LogP contribution >= 0.6 is 0 Å². The minimum atomic E-state index is -4.57. The normalized spacial score (nSPS) is 14.4. The van der Waals surface area contributed by atoms with E-state index in [-0.39, 0.29) is 35.8 Å². The lowest BCUT2D eigenvalue weighted by Gasteiger charge is -2.13. The van der Waals surface area contributed by atoms with Gasteiger partial charge in [-0.05, 0) is 37.3 Å². The molecule has 0 aliphatic heterocycles. The van der Waals surface area contributed by atoms with Gasteiger partial charge in [-0.3, -0.25) is 4.79 Å². The Hall–Kier alpha value is -2.90. The highest BCUT2D eigenvalue weighted by molar-refractivity contribution is 5.87. The molecule has 0 amide bonds. The van der Waals surface area contributed by atoms with Crippen molar-refractivity contribution in [2.45, 2.75) is 58.2 Å². The molecule has 4 rings (SSSR count). The van der Waals surface area contributed by atoms with Gasteiger partial charge in [-0.25, -0.2) is 9.67 Å². The lowest BCUT2D eigenvalue weighted by Crippen LogP contribution is -2.15. The fraction of sp³-hybridized carbons (Fsp3) is 0.435. The summed E-state index contributed by atoms with van der Waals surface area (Å²) in [7, 11) is 0. The summed E-state index contributed by atoms with van der Waals surface area (Å²) in [5, 5.41) is 4.36. The average Bonchev–Trinajstić information content (AvgIpc) is 3.50. The summed E-state index contributed by atoms with van der Waals surface area (Å²) in [5.41, 5.74) is 1.52. The van der Waals surface area contributed by atoms with Crippen LogP contribution in [0.25, 0.3) is 22.3 Å². The van der Waals surface area contributed by atoms with Crippen LogP contribution in [0.15, 0.2) is 30.3 Å². The number of nitrogens with zero attached hydrogens (tertiary/aromatic N) is 3. The van der Waals surface area contributed by atoms with Gasteiger partial charge in [0.2, 0.25) is 0 Å². The van der Waals surface area contributed by atoms with Gasteiger partial charge < -0.3 is 4.74 Å². The number of carbonyl (C=O) groups excluding carboxylic acids is 1. The zero-order valence-corrected chi connectivity index (χ0v) is 17.7. The molecule has 0 bridgehead atoms. The van der Waals surface area contributed by atoms with Crippen molar-refractivity contribution in [1.29, 1.82) is 0 Å². The van der Waals surface area contributed by atoms with Crippen molar-refractivity contribution < 1.29 is 22.7 Å². The topological polar surface area (TPSA) is 57.0 Å². The third kappa shape index (κ3) is 4.29. The van der Waals surface area contributed by atoms with Crippen molar-refractivity contribution in [1.82, 2.24) is 14.8 Å². The molecule has 0 saturated heterocycles. The van der Waals surface area contributed by atoms with Crippen LogP contribution in [-0.4, -0.2) is 27.3 Å².